The predicted octanol–water partition coefficient (Wildman–Crippen LogP) is 0.509. The van der Waals surface area contributed by atoms with Crippen LogP contribution in [0, 0.1) is 0 Å². The quantitative estimate of drug-likeness (QED) is 0.349. The Morgan fingerprint density at radius 2 is 2.06 bits per heavy atom. The number of piperazine rings is 1. The topological polar surface area (TPSA) is 139 Å². The lowest BCUT2D eigenvalue weighted by Crippen LogP contribution is -2.51. The van der Waals surface area contributed by atoms with Crippen LogP contribution in [0.5, 0.6) is 0 Å². The summed E-state index contributed by atoms with van der Waals surface area (Å²) < 4.78 is 0. The number of hydrogen-bond acceptors (Lipinski definition) is 8. The number of fused-ring (bicyclic) bond motifs is 1. The average molecular weight is 458 g/mol. The van der Waals surface area contributed by atoms with Crippen molar-refractivity contribution in [2.45, 2.75) is 31.7 Å². The summed E-state index contributed by atoms with van der Waals surface area (Å²) in [5.41, 5.74) is 1.92. The predicted molar refractivity (Wildman–Crippen MR) is 124 cm³/mol. The zero-order chi connectivity index (χ0) is 21.5. The summed E-state index contributed by atoms with van der Waals surface area (Å²) in [6.45, 7) is 3.93. The molecule has 1 saturated heterocycles. The summed E-state index contributed by atoms with van der Waals surface area (Å²) >= 11 is 0. The monoisotopic (exact) mass is 457 g/mol. The number of hydrogen-bond donors (Lipinski definition) is 5. The lowest BCUT2D eigenvalue weighted by molar-refractivity contribution is 0.0697. The fourth-order valence-electron chi connectivity index (χ4n) is 3.88. The molecule has 0 bridgehead atoms. The van der Waals surface area contributed by atoms with E-state index in [9.17, 15) is 14.8 Å². The molecule has 1 atom stereocenters. The maximum atomic E-state index is 13.1. The van der Waals surface area contributed by atoms with Crippen molar-refractivity contribution in [2.24, 2.45) is 0 Å². The van der Waals surface area contributed by atoms with E-state index in [4.69, 9.17) is 0 Å². The third kappa shape index (κ3) is 4.56. The van der Waals surface area contributed by atoms with Crippen molar-refractivity contribution in [2.75, 3.05) is 25.0 Å². The summed E-state index contributed by atoms with van der Waals surface area (Å²) in [6.07, 6.45) is 2.30. The van der Waals surface area contributed by atoms with Crippen molar-refractivity contribution in [3.05, 3.63) is 35.8 Å². The molecule has 0 radical (unpaired) electrons. The number of halogens is 1. The molecular formula is C20H25BClN7O3. The van der Waals surface area contributed by atoms with Crippen LogP contribution in [0.3, 0.4) is 0 Å². The van der Waals surface area contributed by atoms with Crippen LogP contribution < -0.4 is 16.1 Å². The van der Waals surface area contributed by atoms with Crippen LogP contribution in [0.25, 0.3) is 10.9 Å². The maximum absolute atomic E-state index is 13.1. The Bertz CT molecular complexity index is 1140. The number of amides is 1. The number of aromatic amines is 1. The first kappa shape index (κ1) is 22.5. The average Bonchev–Trinajstić information content (AvgIpc) is 3.51. The number of benzene rings is 1. The lowest BCUT2D eigenvalue weighted by atomic mass is 9.80. The van der Waals surface area contributed by atoms with Crippen LogP contribution in [-0.4, -0.2) is 73.8 Å². The highest BCUT2D eigenvalue weighted by Crippen LogP contribution is 2.39. The number of H-pyrrole nitrogens is 1. The molecule has 2 aromatic heterocycles. The molecule has 1 saturated carbocycles. The van der Waals surface area contributed by atoms with E-state index in [1.165, 1.54) is 0 Å². The van der Waals surface area contributed by atoms with Gasteiger partial charge in [-0.1, -0.05) is 6.07 Å². The first-order valence-electron chi connectivity index (χ1n) is 10.5. The molecule has 10 nitrogen and oxygen atoms in total. The zero-order valence-corrected chi connectivity index (χ0v) is 18.4. The summed E-state index contributed by atoms with van der Waals surface area (Å²) in [5, 5.41) is 33.6. The third-order valence-electron chi connectivity index (χ3n) is 5.73. The molecule has 1 unspecified atom stereocenters. The Morgan fingerprint density at radius 1 is 1.25 bits per heavy atom. The molecule has 5 rings (SSSR count). The standard InChI is InChI=1S/C20H24BN7O3.ClH/c1-11-10-28(7-6-22-11)20(29)19-23-15-5-4-13(21(30)31)8-14(15)18(25-19)24-17-9-16(26-27-17)12-2-3-12;/h4-5,8-9,11-12,22,30-31H,2-3,6-7,10H2,1H3,(H2,23,24,25,26,27);1H. The van der Waals surface area contributed by atoms with Crippen LogP contribution in [0.2, 0.25) is 0 Å². The van der Waals surface area contributed by atoms with Crippen LogP contribution in [0.4, 0.5) is 11.6 Å². The summed E-state index contributed by atoms with van der Waals surface area (Å²) in [7, 11) is -1.62. The van der Waals surface area contributed by atoms with Gasteiger partial charge in [0, 0.05) is 48.7 Å². The lowest BCUT2D eigenvalue weighted by Gasteiger charge is -2.31. The fourth-order valence-corrected chi connectivity index (χ4v) is 3.88. The second kappa shape index (κ2) is 9.03. The molecule has 2 fully saturated rings. The number of aromatic nitrogens is 4. The summed E-state index contributed by atoms with van der Waals surface area (Å²) in [4.78, 5) is 23.8. The molecule has 1 amide bonds. The highest BCUT2D eigenvalue weighted by atomic mass is 35.5. The molecule has 0 spiro atoms. The van der Waals surface area contributed by atoms with Crippen LogP contribution >= 0.6 is 12.4 Å². The zero-order valence-electron chi connectivity index (χ0n) is 17.6. The largest absolute Gasteiger partial charge is 0.488 e. The van der Waals surface area contributed by atoms with Gasteiger partial charge in [-0.05, 0) is 37.4 Å². The molecular weight excluding hydrogens is 433 g/mol. The van der Waals surface area contributed by atoms with Crippen LogP contribution in [-0.2, 0) is 0 Å². The van der Waals surface area contributed by atoms with Crippen LogP contribution in [0.15, 0.2) is 24.3 Å². The van der Waals surface area contributed by atoms with Crippen molar-refractivity contribution >= 4 is 53.4 Å². The van der Waals surface area contributed by atoms with Gasteiger partial charge in [-0.15, -0.1) is 12.4 Å². The molecule has 32 heavy (non-hydrogen) atoms. The molecule has 3 heterocycles. The summed E-state index contributed by atoms with van der Waals surface area (Å²) in [6, 6.07) is 6.99. The molecule has 168 valence electrons. The van der Waals surface area contributed by atoms with Gasteiger partial charge >= 0.3 is 7.12 Å². The Labute approximate surface area is 191 Å². The first-order valence-corrected chi connectivity index (χ1v) is 10.5. The number of carbonyl (C=O) groups excluding carboxylic acids is 1. The van der Waals surface area contributed by atoms with Gasteiger partial charge in [0.15, 0.2) is 5.82 Å². The minimum atomic E-state index is -1.62. The second-order valence-corrected chi connectivity index (χ2v) is 8.26. The van der Waals surface area contributed by atoms with E-state index >= 15 is 0 Å². The number of rotatable bonds is 5. The minimum absolute atomic E-state index is 0. The van der Waals surface area contributed by atoms with Crippen molar-refractivity contribution < 1.29 is 14.8 Å². The van der Waals surface area contributed by atoms with Gasteiger partial charge in [-0.2, -0.15) is 5.10 Å². The Balaban J connectivity index is 0.00000245. The highest BCUT2D eigenvalue weighted by Gasteiger charge is 2.27. The van der Waals surface area contributed by atoms with Crippen molar-refractivity contribution in [3.8, 4) is 0 Å². The van der Waals surface area contributed by atoms with Gasteiger partial charge in [-0.3, -0.25) is 9.89 Å². The van der Waals surface area contributed by atoms with Gasteiger partial charge in [0.2, 0.25) is 5.82 Å². The van der Waals surface area contributed by atoms with Crippen molar-refractivity contribution in [3.63, 3.8) is 0 Å². The third-order valence-corrected chi connectivity index (χ3v) is 5.73. The van der Waals surface area contributed by atoms with Gasteiger partial charge < -0.3 is 25.6 Å². The molecule has 12 heteroatoms. The van der Waals surface area contributed by atoms with Gasteiger partial charge in [0.05, 0.1) is 5.52 Å². The molecule has 2 aliphatic rings. The Kier molecular flexibility index (Phi) is 6.34. The number of anilines is 2. The van der Waals surface area contributed by atoms with E-state index in [1.54, 1.807) is 23.1 Å². The van der Waals surface area contributed by atoms with E-state index in [2.05, 4.69) is 30.8 Å². The summed E-state index contributed by atoms with van der Waals surface area (Å²) in [5.74, 6) is 1.37. The van der Waals surface area contributed by atoms with Gasteiger partial charge in [0.1, 0.15) is 5.82 Å². The number of carbonyl (C=O) groups is 1. The SMILES string of the molecule is CC1CN(C(=O)c2nc(Nc3cc(C4CC4)[nH]n3)c3cc(B(O)O)ccc3n2)CCN1.Cl. The van der Waals surface area contributed by atoms with E-state index in [-0.39, 0.29) is 30.2 Å². The van der Waals surface area contributed by atoms with E-state index in [0.29, 0.717) is 47.0 Å². The number of nitrogens with one attached hydrogen (secondary N) is 3. The Morgan fingerprint density at radius 3 is 2.78 bits per heavy atom. The smallest absolute Gasteiger partial charge is 0.423 e. The fraction of sp³-hybridized carbons (Fsp3) is 0.400. The van der Waals surface area contributed by atoms with Crippen molar-refractivity contribution in [1.29, 1.82) is 0 Å². The molecule has 1 aliphatic carbocycles. The Hall–Kier alpha value is -2.73. The maximum Gasteiger partial charge on any atom is 0.488 e. The molecule has 3 aromatic rings. The first-order chi connectivity index (χ1) is 15.0. The van der Waals surface area contributed by atoms with Crippen molar-refractivity contribution in [1.82, 2.24) is 30.4 Å². The van der Waals surface area contributed by atoms with E-state index < -0.39 is 7.12 Å². The minimum Gasteiger partial charge on any atom is -0.423 e. The van der Waals surface area contributed by atoms with Crippen LogP contribution in [0.1, 0.15) is 42.0 Å². The number of nitrogens with zero attached hydrogens (tertiary/aromatic N) is 4. The molecule has 1 aromatic carbocycles. The second-order valence-electron chi connectivity index (χ2n) is 8.26. The molecule has 1 aliphatic heterocycles. The normalized spacial score (nSPS) is 18.3. The van der Waals surface area contributed by atoms with Gasteiger partial charge in [-0.25, -0.2) is 9.97 Å². The molecule has 5 N–H and O–H groups in total. The highest BCUT2D eigenvalue weighted by molar-refractivity contribution is 6.59. The van der Waals surface area contributed by atoms with E-state index in [1.807, 2.05) is 13.0 Å². The van der Waals surface area contributed by atoms with Gasteiger partial charge in [0.25, 0.3) is 5.91 Å². The van der Waals surface area contributed by atoms with E-state index in [0.717, 1.165) is 25.1 Å².